The fourth-order valence-electron chi connectivity index (χ4n) is 3.60. The topological polar surface area (TPSA) is 96.8 Å². The molecule has 0 spiro atoms. The molecule has 0 atom stereocenters. The first-order chi connectivity index (χ1) is 16.9. The van der Waals surface area contributed by atoms with Gasteiger partial charge in [0.2, 0.25) is 10.0 Å². The van der Waals surface area contributed by atoms with Crippen molar-refractivity contribution in [2.45, 2.75) is 18.0 Å². The zero-order valence-electron chi connectivity index (χ0n) is 18.8. The lowest BCUT2D eigenvalue weighted by Gasteiger charge is -2.23. The minimum Gasteiger partial charge on any atom is -0.482 e. The van der Waals surface area contributed by atoms with Crippen molar-refractivity contribution < 1.29 is 23.1 Å². The molecule has 0 bridgehead atoms. The first-order valence-corrected chi connectivity index (χ1v) is 12.3. The molecule has 7 nitrogen and oxygen atoms in total. The highest BCUT2D eigenvalue weighted by molar-refractivity contribution is 7.89. The number of sulfonamides is 1. The first kappa shape index (κ1) is 24.1. The summed E-state index contributed by atoms with van der Waals surface area (Å²) in [7, 11) is -3.81. The summed E-state index contributed by atoms with van der Waals surface area (Å²) in [6.45, 7) is -0.221. The summed E-state index contributed by atoms with van der Waals surface area (Å²) in [6, 6.07) is 26.7. The van der Waals surface area contributed by atoms with Gasteiger partial charge in [-0.05, 0) is 58.7 Å². The van der Waals surface area contributed by atoms with E-state index in [1.165, 1.54) is 4.31 Å². The summed E-state index contributed by atoms with van der Waals surface area (Å²) in [6.07, 6.45) is 3.46. The summed E-state index contributed by atoms with van der Waals surface area (Å²) in [5.41, 5.74) is 3.55. The molecule has 0 saturated heterocycles. The molecule has 0 radical (unpaired) electrons. The minimum atomic E-state index is -3.81. The molecule has 4 aromatic rings. The van der Waals surface area contributed by atoms with Crippen molar-refractivity contribution in [2.75, 3.05) is 6.61 Å². The van der Waals surface area contributed by atoms with Gasteiger partial charge in [0.15, 0.2) is 6.61 Å². The number of aromatic nitrogens is 1. The van der Waals surface area contributed by atoms with E-state index in [-0.39, 0.29) is 18.0 Å². The highest BCUT2D eigenvalue weighted by atomic mass is 32.2. The number of nitrogens with zero attached hydrogens (tertiary/aromatic N) is 2. The number of ether oxygens (including phenoxy) is 1. The van der Waals surface area contributed by atoms with Crippen LogP contribution in [0.25, 0.3) is 11.1 Å². The second-order valence-corrected chi connectivity index (χ2v) is 9.79. The van der Waals surface area contributed by atoms with Crippen molar-refractivity contribution in [3.05, 3.63) is 115 Å². The van der Waals surface area contributed by atoms with Gasteiger partial charge >= 0.3 is 5.97 Å². The molecule has 0 aliphatic rings. The van der Waals surface area contributed by atoms with Crippen LogP contribution in [0.1, 0.15) is 11.1 Å². The average molecular weight is 489 g/mol. The van der Waals surface area contributed by atoms with Crippen LogP contribution in [0.3, 0.4) is 0 Å². The number of pyridine rings is 1. The second kappa shape index (κ2) is 10.9. The van der Waals surface area contributed by atoms with Crippen LogP contribution in [-0.4, -0.2) is 35.4 Å². The molecule has 1 N–H and O–H groups in total. The Morgan fingerprint density at radius 3 is 2.14 bits per heavy atom. The van der Waals surface area contributed by atoms with E-state index in [9.17, 15) is 13.2 Å². The maximum Gasteiger partial charge on any atom is 0.341 e. The van der Waals surface area contributed by atoms with Crippen molar-refractivity contribution in [3.63, 3.8) is 0 Å². The lowest BCUT2D eigenvalue weighted by Crippen LogP contribution is -2.30. The highest BCUT2D eigenvalue weighted by Gasteiger charge is 2.25. The minimum absolute atomic E-state index is 0.0909. The Hall–Kier alpha value is -4.01. The number of benzene rings is 3. The van der Waals surface area contributed by atoms with Gasteiger partial charge < -0.3 is 9.84 Å². The molecule has 0 unspecified atom stereocenters. The van der Waals surface area contributed by atoms with E-state index in [1.54, 1.807) is 67.0 Å². The lowest BCUT2D eigenvalue weighted by molar-refractivity contribution is -0.139. The third kappa shape index (κ3) is 6.32. The van der Waals surface area contributed by atoms with Crippen molar-refractivity contribution in [2.24, 2.45) is 0 Å². The van der Waals surface area contributed by atoms with Crippen LogP contribution in [-0.2, 0) is 27.9 Å². The zero-order chi connectivity index (χ0) is 24.7. The maximum atomic E-state index is 13.5. The van der Waals surface area contributed by atoms with Gasteiger partial charge in [-0.3, -0.25) is 4.98 Å². The third-order valence-electron chi connectivity index (χ3n) is 5.33. The fourth-order valence-corrected chi connectivity index (χ4v) is 5.04. The number of hydrogen-bond donors (Lipinski definition) is 1. The van der Waals surface area contributed by atoms with Gasteiger partial charge in [-0.15, -0.1) is 0 Å². The number of carboxylic acids is 1. The molecule has 35 heavy (non-hydrogen) atoms. The van der Waals surface area contributed by atoms with Crippen molar-refractivity contribution in [1.29, 1.82) is 0 Å². The molecule has 3 aromatic carbocycles. The monoisotopic (exact) mass is 488 g/mol. The Balaban J connectivity index is 1.61. The smallest absolute Gasteiger partial charge is 0.341 e. The summed E-state index contributed by atoms with van der Waals surface area (Å²) in [4.78, 5) is 15.1. The van der Waals surface area contributed by atoms with E-state index in [2.05, 4.69) is 4.98 Å². The third-order valence-corrected chi connectivity index (χ3v) is 7.13. The zero-order valence-corrected chi connectivity index (χ0v) is 19.6. The van der Waals surface area contributed by atoms with E-state index >= 15 is 0 Å². The molecule has 0 saturated carbocycles. The van der Waals surface area contributed by atoms with Crippen LogP contribution in [0.2, 0.25) is 0 Å². The van der Waals surface area contributed by atoms with E-state index in [1.807, 2.05) is 36.4 Å². The quantitative estimate of drug-likeness (QED) is 0.350. The summed E-state index contributed by atoms with van der Waals surface area (Å²) >= 11 is 0. The average Bonchev–Trinajstić information content (AvgIpc) is 2.89. The van der Waals surface area contributed by atoms with E-state index in [0.29, 0.717) is 11.3 Å². The Morgan fingerprint density at radius 2 is 1.46 bits per heavy atom. The molecule has 8 heteroatoms. The molecule has 1 aromatic heterocycles. The standard InChI is InChI=1S/C27H24N2O5S/c30-27(31)20-34-25-6-4-5-22(17-25)19-29(35(32,33)26-7-2-1-3-8-26)18-21-9-11-23(12-10-21)24-13-15-28-16-14-24/h1-17H,18-20H2,(H,30,31). The summed E-state index contributed by atoms with van der Waals surface area (Å²) in [5, 5.41) is 8.86. The van der Waals surface area contributed by atoms with Gasteiger partial charge in [0.1, 0.15) is 5.75 Å². The van der Waals surface area contributed by atoms with Gasteiger partial charge in [0, 0.05) is 25.5 Å². The molecular weight excluding hydrogens is 464 g/mol. The Labute approximate surface area is 204 Å². The first-order valence-electron chi connectivity index (χ1n) is 10.9. The molecule has 0 aliphatic carbocycles. The van der Waals surface area contributed by atoms with Crippen LogP contribution in [0, 0.1) is 0 Å². The SMILES string of the molecule is O=C(O)COc1cccc(CN(Cc2ccc(-c3ccncc3)cc2)S(=O)(=O)c2ccccc2)c1. The van der Waals surface area contributed by atoms with Crippen LogP contribution in [0.5, 0.6) is 5.75 Å². The van der Waals surface area contributed by atoms with Crippen molar-refractivity contribution >= 4 is 16.0 Å². The molecule has 178 valence electrons. The van der Waals surface area contributed by atoms with Crippen LogP contribution in [0.15, 0.2) is 108 Å². The van der Waals surface area contributed by atoms with Gasteiger partial charge in [0.05, 0.1) is 4.90 Å². The van der Waals surface area contributed by atoms with Gasteiger partial charge in [-0.1, -0.05) is 54.6 Å². The molecule has 0 aliphatic heterocycles. The van der Waals surface area contributed by atoms with Crippen LogP contribution >= 0.6 is 0 Å². The summed E-state index contributed by atoms with van der Waals surface area (Å²) in [5.74, 6) is -0.720. The number of carbonyl (C=O) groups is 1. The number of carboxylic acid groups (broad SMARTS) is 1. The predicted molar refractivity (Wildman–Crippen MR) is 132 cm³/mol. The van der Waals surface area contributed by atoms with Gasteiger partial charge in [-0.25, -0.2) is 13.2 Å². The molecule has 1 heterocycles. The van der Waals surface area contributed by atoms with Gasteiger partial charge in [0.25, 0.3) is 0 Å². The summed E-state index contributed by atoms with van der Waals surface area (Å²) < 4.78 is 33.7. The van der Waals surface area contributed by atoms with E-state index in [0.717, 1.165) is 16.7 Å². The fraction of sp³-hybridized carbons (Fsp3) is 0.111. The predicted octanol–water partition coefficient (Wildman–Crippen LogP) is 4.60. The van der Waals surface area contributed by atoms with Crippen molar-refractivity contribution in [3.8, 4) is 16.9 Å². The van der Waals surface area contributed by atoms with Crippen LogP contribution < -0.4 is 4.74 Å². The maximum absolute atomic E-state index is 13.5. The molecular formula is C27H24N2O5S. The number of hydrogen-bond acceptors (Lipinski definition) is 5. The van der Waals surface area contributed by atoms with Gasteiger partial charge in [-0.2, -0.15) is 4.31 Å². The second-order valence-electron chi connectivity index (χ2n) is 7.85. The van der Waals surface area contributed by atoms with E-state index in [4.69, 9.17) is 9.84 Å². The Morgan fingerprint density at radius 1 is 0.800 bits per heavy atom. The number of aliphatic carboxylic acids is 1. The largest absolute Gasteiger partial charge is 0.482 e. The molecule has 0 amide bonds. The van der Waals surface area contributed by atoms with Crippen molar-refractivity contribution in [1.82, 2.24) is 9.29 Å². The molecule has 0 fully saturated rings. The Bertz CT molecular complexity index is 1380. The lowest BCUT2D eigenvalue weighted by atomic mass is 10.1. The normalized spacial score (nSPS) is 11.3. The van der Waals surface area contributed by atoms with E-state index < -0.39 is 22.6 Å². The molecule has 4 rings (SSSR count). The number of rotatable bonds is 10. The highest BCUT2D eigenvalue weighted by Crippen LogP contribution is 2.24. The Kier molecular flexibility index (Phi) is 7.54. The van der Waals surface area contributed by atoms with Crippen LogP contribution in [0.4, 0.5) is 0 Å².